The maximum Gasteiger partial charge on any atom is 0.310 e. The lowest BCUT2D eigenvalue weighted by molar-refractivity contribution is -0.138. The summed E-state index contributed by atoms with van der Waals surface area (Å²) in [6.45, 7) is 1.39. The summed E-state index contributed by atoms with van der Waals surface area (Å²) in [4.78, 5) is 10.9. The third-order valence-electron chi connectivity index (χ3n) is 2.91. The standard InChI is InChI=1S/C11H8Cl2F2O2/c1-4-2-5(3-6(14)9(4)15)7-8(10(16)17)11(7,12)13/h2-3,7-8H,1H3,(H,16,17)/t7-,8+/m1/s1. The van der Waals surface area contributed by atoms with Crippen molar-refractivity contribution >= 4 is 29.2 Å². The summed E-state index contributed by atoms with van der Waals surface area (Å²) in [5, 5.41) is 8.88. The molecule has 0 aliphatic heterocycles. The number of carboxylic acid groups (broad SMARTS) is 1. The summed E-state index contributed by atoms with van der Waals surface area (Å²) < 4.78 is 24.8. The lowest BCUT2D eigenvalue weighted by Gasteiger charge is -2.04. The second-order valence-corrected chi connectivity index (χ2v) is 5.55. The van der Waals surface area contributed by atoms with Gasteiger partial charge >= 0.3 is 5.97 Å². The molecule has 1 aliphatic rings. The lowest BCUT2D eigenvalue weighted by Crippen LogP contribution is -2.03. The van der Waals surface area contributed by atoms with Gasteiger partial charge < -0.3 is 5.11 Å². The van der Waals surface area contributed by atoms with Crippen LogP contribution in [0.3, 0.4) is 0 Å². The Morgan fingerprint density at radius 2 is 2.00 bits per heavy atom. The van der Waals surface area contributed by atoms with Gasteiger partial charge in [0.25, 0.3) is 0 Å². The highest BCUT2D eigenvalue weighted by Crippen LogP contribution is 2.65. The summed E-state index contributed by atoms with van der Waals surface area (Å²) in [6.07, 6.45) is 0. The van der Waals surface area contributed by atoms with Crippen LogP contribution in [0.2, 0.25) is 0 Å². The summed E-state index contributed by atoms with van der Waals surface area (Å²) >= 11 is 11.6. The number of benzene rings is 1. The Hall–Kier alpha value is -0.870. The number of alkyl halides is 2. The van der Waals surface area contributed by atoms with E-state index in [9.17, 15) is 13.6 Å². The fourth-order valence-corrected chi connectivity index (χ4v) is 2.80. The molecule has 1 N–H and O–H groups in total. The normalized spacial score (nSPS) is 25.7. The van der Waals surface area contributed by atoms with E-state index in [0.717, 1.165) is 6.07 Å². The van der Waals surface area contributed by atoms with Crippen LogP contribution in [0.1, 0.15) is 17.0 Å². The molecular weight excluding hydrogens is 273 g/mol. The number of aryl methyl sites for hydroxylation is 1. The van der Waals surface area contributed by atoms with Crippen molar-refractivity contribution in [2.24, 2.45) is 5.92 Å². The molecule has 2 atom stereocenters. The molecule has 1 aliphatic carbocycles. The van der Waals surface area contributed by atoms with Gasteiger partial charge in [-0.1, -0.05) is 29.3 Å². The zero-order chi connectivity index (χ0) is 13.0. The SMILES string of the molecule is Cc1cc([C@@H]2[C@@H](C(=O)O)C2(Cl)Cl)cc(F)c1F. The van der Waals surface area contributed by atoms with Crippen LogP contribution < -0.4 is 0 Å². The fourth-order valence-electron chi connectivity index (χ4n) is 1.98. The predicted molar refractivity (Wildman–Crippen MR) is 59.4 cm³/mol. The molecular formula is C11H8Cl2F2O2. The number of rotatable bonds is 2. The van der Waals surface area contributed by atoms with Gasteiger partial charge in [0.05, 0.1) is 5.92 Å². The lowest BCUT2D eigenvalue weighted by atomic mass is 10.1. The highest BCUT2D eigenvalue weighted by Gasteiger charge is 2.68. The number of hydrogen-bond acceptors (Lipinski definition) is 1. The van der Waals surface area contributed by atoms with Crippen molar-refractivity contribution in [1.29, 1.82) is 0 Å². The second kappa shape index (κ2) is 3.82. The molecule has 17 heavy (non-hydrogen) atoms. The molecule has 0 spiro atoms. The zero-order valence-corrected chi connectivity index (χ0v) is 10.2. The van der Waals surface area contributed by atoms with Gasteiger partial charge in [0.1, 0.15) is 4.33 Å². The number of hydrogen-bond donors (Lipinski definition) is 1. The fraction of sp³-hybridized carbons (Fsp3) is 0.364. The minimum absolute atomic E-state index is 0.0974. The largest absolute Gasteiger partial charge is 0.481 e. The van der Waals surface area contributed by atoms with Crippen LogP contribution in [-0.2, 0) is 4.79 Å². The molecule has 2 nitrogen and oxygen atoms in total. The van der Waals surface area contributed by atoms with Crippen molar-refractivity contribution in [1.82, 2.24) is 0 Å². The van der Waals surface area contributed by atoms with Gasteiger partial charge in [0, 0.05) is 5.92 Å². The number of carbonyl (C=O) groups is 1. The number of aliphatic carboxylic acids is 1. The first-order chi connectivity index (χ1) is 7.76. The van der Waals surface area contributed by atoms with E-state index < -0.39 is 33.8 Å². The van der Waals surface area contributed by atoms with Gasteiger partial charge in [-0.3, -0.25) is 4.79 Å². The first kappa shape index (κ1) is 12.6. The monoisotopic (exact) mass is 280 g/mol. The van der Waals surface area contributed by atoms with Crippen molar-refractivity contribution in [2.75, 3.05) is 0 Å². The van der Waals surface area contributed by atoms with Gasteiger partial charge in [-0.05, 0) is 24.1 Å². The van der Waals surface area contributed by atoms with Crippen molar-refractivity contribution in [3.8, 4) is 0 Å². The van der Waals surface area contributed by atoms with E-state index in [1.807, 2.05) is 0 Å². The minimum atomic E-state index is -1.46. The third kappa shape index (κ3) is 1.89. The van der Waals surface area contributed by atoms with Crippen molar-refractivity contribution in [2.45, 2.75) is 17.2 Å². The van der Waals surface area contributed by atoms with E-state index >= 15 is 0 Å². The second-order valence-electron chi connectivity index (χ2n) is 4.10. The molecule has 1 aromatic carbocycles. The van der Waals surface area contributed by atoms with Gasteiger partial charge in [0.2, 0.25) is 0 Å². The van der Waals surface area contributed by atoms with E-state index in [4.69, 9.17) is 28.3 Å². The molecule has 0 saturated heterocycles. The average molecular weight is 281 g/mol. The maximum absolute atomic E-state index is 13.2. The molecule has 6 heteroatoms. The van der Waals surface area contributed by atoms with Crippen LogP contribution >= 0.6 is 23.2 Å². The molecule has 0 unspecified atom stereocenters. The molecule has 2 rings (SSSR count). The molecule has 0 bridgehead atoms. The summed E-state index contributed by atoms with van der Waals surface area (Å²) in [6, 6.07) is 2.31. The van der Waals surface area contributed by atoms with E-state index in [1.54, 1.807) is 0 Å². The highest BCUT2D eigenvalue weighted by atomic mass is 35.5. The quantitative estimate of drug-likeness (QED) is 0.845. The maximum atomic E-state index is 13.2. The molecule has 92 valence electrons. The van der Waals surface area contributed by atoms with E-state index in [1.165, 1.54) is 13.0 Å². The summed E-state index contributed by atoms with van der Waals surface area (Å²) in [5.41, 5.74) is 0.402. The van der Waals surface area contributed by atoms with Gasteiger partial charge in [-0.15, -0.1) is 0 Å². The van der Waals surface area contributed by atoms with E-state index in [0.29, 0.717) is 5.56 Å². The zero-order valence-electron chi connectivity index (χ0n) is 8.68. The Balaban J connectivity index is 2.41. The topological polar surface area (TPSA) is 37.3 Å². The first-order valence-corrected chi connectivity index (χ1v) is 5.58. The van der Waals surface area contributed by atoms with Crippen LogP contribution in [0.4, 0.5) is 8.78 Å². The van der Waals surface area contributed by atoms with Crippen LogP contribution in [0.5, 0.6) is 0 Å². The Morgan fingerprint density at radius 1 is 1.41 bits per heavy atom. The van der Waals surface area contributed by atoms with Crippen LogP contribution in [-0.4, -0.2) is 15.4 Å². The van der Waals surface area contributed by atoms with Crippen LogP contribution in [0, 0.1) is 24.5 Å². The highest BCUT2D eigenvalue weighted by molar-refractivity contribution is 6.53. The third-order valence-corrected chi connectivity index (χ3v) is 3.85. The van der Waals surface area contributed by atoms with Gasteiger partial charge in [-0.25, -0.2) is 8.78 Å². The Bertz CT molecular complexity index is 479. The summed E-state index contributed by atoms with van der Waals surface area (Å²) in [5.74, 6) is -4.83. The molecule has 0 heterocycles. The van der Waals surface area contributed by atoms with Gasteiger partial charge in [-0.2, -0.15) is 0 Å². The molecule has 0 radical (unpaired) electrons. The molecule has 0 aromatic heterocycles. The molecule has 1 saturated carbocycles. The Kier molecular flexibility index (Phi) is 2.83. The first-order valence-electron chi connectivity index (χ1n) is 4.83. The predicted octanol–water partition coefficient (Wildman–Crippen LogP) is 3.25. The number of carboxylic acids is 1. The number of halogens is 4. The van der Waals surface area contributed by atoms with Crippen LogP contribution in [0.25, 0.3) is 0 Å². The summed E-state index contributed by atoms with van der Waals surface area (Å²) in [7, 11) is 0. The van der Waals surface area contributed by atoms with Crippen molar-refractivity contribution in [3.05, 3.63) is 34.9 Å². The smallest absolute Gasteiger partial charge is 0.310 e. The van der Waals surface area contributed by atoms with Crippen molar-refractivity contribution < 1.29 is 18.7 Å². The average Bonchev–Trinajstić information content (AvgIpc) is 2.77. The minimum Gasteiger partial charge on any atom is -0.481 e. The van der Waals surface area contributed by atoms with Gasteiger partial charge in [0.15, 0.2) is 11.6 Å². The Morgan fingerprint density at radius 3 is 2.41 bits per heavy atom. The van der Waals surface area contributed by atoms with E-state index in [2.05, 4.69) is 0 Å². The molecule has 1 aromatic rings. The molecule has 1 fully saturated rings. The molecule has 0 amide bonds. The van der Waals surface area contributed by atoms with Crippen molar-refractivity contribution in [3.63, 3.8) is 0 Å². The van der Waals surface area contributed by atoms with Crippen LogP contribution in [0.15, 0.2) is 12.1 Å². The van der Waals surface area contributed by atoms with E-state index in [-0.39, 0.29) is 5.56 Å². The Labute approximate surface area is 106 Å².